The minimum absolute atomic E-state index is 0.0899. The van der Waals surface area contributed by atoms with E-state index in [1.807, 2.05) is 36.6 Å². The van der Waals surface area contributed by atoms with Crippen LogP contribution in [0.3, 0.4) is 0 Å². The molecule has 0 unspecified atom stereocenters. The number of carbonyl (C=O) groups excluding carboxylic acids is 1. The van der Waals surface area contributed by atoms with Gasteiger partial charge in [0.15, 0.2) is 0 Å². The van der Waals surface area contributed by atoms with Crippen LogP contribution in [0.5, 0.6) is 0 Å². The van der Waals surface area contributed by atoms with E-state index in [4.69, 9.17) is 0 Å². The fourth-order valence-electron chi connectivity index (χ4n) is 1.92. The van der Waals surface area contributed by atoms with Crippen LogP contribution in [0.4, 0.5) is 0 Å². The number of halogens is 1. The second kappa shape index (κ2) is 6.87. The highest BCUT2D eigenvalue weighted by Gasteiger charge is 2.09. The van der Waals surface area contributed by atoms with E-state index < -0.39 is 0 Å². The van der Waals surface area contributed by atoms with Gasteiger partial charge in [-0.25, -0.2) is 0 Å². The van der Waals surface area contributed by atoms with Crippen LogP contribution in [0.2, 0.25) is 0 Å². The first kappa shape index (κ1) is 14.3. The van der Waals surface area contributed by atoms with Gasteiger partial charge in [-0.15, -0.1) is 11.3 Å². The molecule has 1 atom stereocenters. The van der Waals surface area contributed by atoms with Crippen LogP contribution >= 0.6 is 27.3 Å². The molecule has 4 heteroatoms. The highest BCUT2D eigenvalue weighted by molar-refractivity contribution is 9.10. The summed E-state index contributed by atoms with van der Waals surface area (Å²) in [5.74, 6) is 0.0899. The van der Waals surface area contributed by atoms with Crippen LogP contribution in [0.1, 0.15) is 17.4 Å². The number of rotatable bonds is 5. The van der Waals surface area contributed by atoms with E-state index in [9.17, 15) is 4.79 Å². The number of hydrogen-bond acceptors (Lipinski definition) is 2. The molecule has 19 heavy (non-hydrogen) atoms. The van der Waals surface area contributed by atoms with Gasteiger partial charge in [-0.3, -0.25) is 4.79 Å². The zero-order valence-corrected chi connectivity index (χ0v) is 13.1. The molecule has 0 saturated heterocycles. The molecule has 0 radical (unpaired) electrons. The number of amides is 1. The maximum Gasteiger partial charge on any atom is 0.225 e. The lowest BCUT2D eigenvalue weighted by Crippen LogP contribution is -2.34. The van der Waals surface area contributed by atoms with Crippen molar-refractivity contribution < 1.29 is 4.79 Å². The summed E-state index contributed by atoms with van der Waals surface area (Å²) < 4.78 is 1.07. The first-order valence-corrected chi connectivity index (χ1v) is 7.87. The SMILES string of the molecule is C[C@H](Cc1ccc(Br)cc1)NC(=O)Cc1cccs1. The first-order valence-electron chi connectivity index (χ1n) is 6.19. The Kier molecular flexibility index (Phi) is 5.16. The zero-order chi connectivity index (χ0) is 13.7. The topological polar surface area (TPSA) is 29.1 Å². The molecular weight excluding hydrogens is 322 g/mol. The Labute approximate surface area is 126 Å². The van der Waals surface area contributed by atoms with Crippen LogP contribution < -0.4 is 5.32 Å². The number of benzene rings is 1. The summed E-state index contributed by atoms with van der Waals surface area (Å²) in [5, 5.41) is 5.03. The Balaban J connectivity index is 1.82. The molecular formula is C15H16BrNOS. The van der Waals surface area contributed by atoms with Gasteiger partial charge in [0.1, 0.15) is 0 Å². The molecule has 0 bridgehead atoms. The predicted octanol–water partition coefficient (Wildman–Crippen LogP) is 3.80. The summed E-state index contributed by atoms with van der Waals surface area (Å²) in [4.78, 5) is 13.0. The Morgan fingerprint density at radius 1 is 1.32 bits per heavy atom. The molecule has 0 fully saturated rings. The molecule has 1 aromatic carbocycles. The van der Waals surface area contributed by atoms with Gasteiger partial charge >= 0.3 is 0 Å². The Bertz CT molecular complexity index is 522. The van der Waals surface area contributed by atoms with Crippen molar-refractivity contribution in [1.82, 2.24) is 5.32 Å². The number of hydrogen-bond donors (Lipinski definition) is 1. The van der Waals surface area contributed by atoms with Gasteiger partial charge in [-0.2, -0.15) is 0 Å². The molecule has 0 aliphatic rings. The van der Waals surface area contributed by atoms with E-state index in [1.165, 1.54) is 5.56 Å². The van der Waals surface area contributed by atoms with Gasteiger partial charge < -0.3 is 5.32 Å². The van der Waals surface area contributed by atoms with Crippen LogP contribution in [0.25, 0.3) is 0 Å². The van der Waals surface area contributed by atoms with Gasteiger partial charge in [0, 0.05) is 15.4 Å². The predicted molar refractivity (Wildman–Crippen MR) is 83.5 cm³/mol. The molecule has 2 nitrogen and oxygen atoms in total. The Morgan fingerprint density at radius 3 is 2.68 bits per heavy atom. The summed E-state index contributed by atoms with van der Waals surface area (Å²) in [6, 6.07) is 12.3. The Hall–Kier alpha value is -1.13. The summed E-state index contributed by atoms with van der Waals surface area (Å²) in [6.45, 7) is 2.04. The monoisotopic (exact) mass is 337 g/mol. The molecule has 0 spiro atoms. The van der Waals surface area contributed by atoms with Crippen molar-refractivity contribution in [2.75, 3.05) is 0 Å². The van der Waals surface area contributed by atoms with E-state index in [0.717, 1.165) is 15.8 Å². The lowest BCUT2D eigenvalue weighted by molar-refractivity contribution is -0.120. The van der Waals surface area contributed by atoms with E-state index in [0.29, 0.717) is 6.42 Å². The maximum atomic E-state index is 11.9. The van der Waals surface area contributed by atoms with E-state index >= 15 is 0 Å². The van der Waals surface area contributed by atoms with Crippen LogP contribution in [0.15, 0.2) is 46.3 Å². The van der Waals surface area contributed by atoms with Crippen molar-refractivity contribution in [3.05, 3.63) is 56.7 Å². The molecule has 1 aromatic heterocycles. The fraction of sp³-hybridized carbons (Fsp3) is 0.267. The standard InChI is InChI=1S/C15H16BrNOS/c1-11(9-12-4-6-13(16)7-5-12)17-15(18)10-14-3-2-8-19-14/h2-8,11H,9-10H2,1H3,(H,17,18)/t11-/m1/s1. The molecule has 0 aliphatic carbocycles. The molecule has 1 amide bonds. The Morgan fingerprint density at radius 2 is 2.05 bits per heavy atom. The normalized spacial score (nSPS) is 12.1. The van der Waals surface area contributed by atoms with Crippen molar-refractivity contribution >= 4 is 33.2 Å². The quantitative estimate of drug-likeness (QED) is 0.883. The lowest BCUT2D eigenvalue weighted by Gasteiger charge is -2.13. The van der Waals surface area contributed by atoms with E-state index in [-0.39, 0.29) is 11.9 Å². The molecule has 0 aliphatic heterocycles. The van der Waals surface area contributed by atoms with Gasteiger partial charge in [-0.1, -0.05) is 34.1 Å². The molecule has 1 heterocycles. The molecule has 2 rings (SSSR count). The summed E-state index contributed by atoms with van der Waals surface area (Å²) in [7, 11) is 0. The zero-order valence-electron chi connectivity index (χ0n) is 10.7. The molecule has 1 N–H and O–H groups in total. The minimum atomic E-state index is 0.0899. The largest absolute Gasteiger partial charge is 0.353 e. The van der Waals surface area contributed by atoms with Gasteiger partial charge in [0.05, 0.1) is 6.42 Å². The molecule has 0 saturated carbocycles. The van der Waals surface area contributed by atoms with Crippen molar-refractivity contribution in [2.24, 2.45) is 0 Å². The number of nitrogens with one attached hydrogen (secondary N) is 1. The number of thiophene rings is 1. The summed E-state index contributed by atoms with van der Waals surface area (Å²) in [6.07, 6.45) is 1.33. The van der Waals surface area contributed by atoms with E-state index in [1.54, 1.807) is 11.3 Å². The minimum Gasteiger partial charge on any atom is -0.353 e. The maximum absolute atomic E-state index is 11.9. The third-order valence-electron chi connectivity index (χ3n) is 2.78. The highest BCUT2D eigenvalue weighted by atomic mass is 79.9. The van der Waals surface area contributed by atoms with Crippen LogP contribution in [-0.4, -0.2) is 11.9 Å². The smallest absolute Gasteiger partial charge is 0.225 e. The van der Waals surface area contributed by atoms with Crippen molar-refractivity contribution in [3.63, 3.8) is 0 Å². The average Bonchev–Trinajstić information content (AvgIpc) is 2.84. The van der Waals surface area contributed by atoms with Gasteiger partial charge in [0.25, 0.3) is 0 Å². The third-order valence-corrected chi connectivity index (χ3v) is 4.18. The van der Waals surface area contributed by atoms with Crippen molar-refractivity contribution in [3.8, 4) is 0 Å². The van der Waals surface area contributed by atoms with E-state index in [2.05, 4.69) is 33.4 Å². The molecule has 2 aromatic rings. The van der Waals surface area contributed by atoms with Crippen LogP contribution in [-0.2, 0) is 17.6 Å². The molecule has 100 valence electrons. The van der Waals surface area contributed by atoms with Crippen molar-refractivity contribution in [1.29, 1.82) is 0 Å². The second-order valence-corrected chi connectivity index (χ2v) is 6.50. The third kappa shape index (κ3) is 4.80. The lowest BCUT2D eigenvalue weighted by atomic mass is 10.1. The average molecular weight is 338 g/mol. The van der Waals surface area contributed by atoms with Gasteiger partial charge in [-0.05, 0) is 42.5 Å². The second-order valence-electron chi connectivity index (χ2n) is 4.56. The summed E-state index contributed by atoms with van der Waals surface area (Å²) in [5.41, 5.74) is 1.23. The first-order chi connectivity index (χ1) is 9.13. The van der Waals surface area contributed by atoms with Crippen molar-refractivity contribution in [2.45, 2.75) is 25.8 Å². The number of carbonyl (C=O) groups is 1. The highest BCUT2D eigenvalue weighted by Crippen LogP contribution is 2.12. The van der Waals surface area contributed by atoms with Crippen LogP contribution in [0, 0.1) is 0 Å². The fourth-order valence-corrected chi connectivity index (χ4v) is 2.89. The summed E-state index contributed by atoms with van der Waals surface area (Å²) >= 11 is 5.03. The van der Waals surface area contributed by atoms with Gasteiger partial charge in [0.2, 0.25) is 5.91 Å².